The van der Waals surface area contributed by atoms with Crippen LogP contribution >= 0.6 is 11.9 Å². The van der Waals surface area contributed by atoms with Gasteiger partial charge in [-0.3, -0.25) is 4.40 Å². The molecule has 0 saturated heterocycles. The molecule has 0 amide bonds. The number of fused-ring (bicyclic) bond motifs is 3. The Kier molecular flexibility index (Phi) is 3.70. The van der Waals surface area contributed by atoms with E-state index in [9.17, 15) is 0 Å². The highest BCUT2D eigenvalue weighted by Crippen LogP contribution is 2.32. The maximum Gasteiger partial charge on any atom is 0.257 e. The normalized spacial score (nSPS) is 11.1. The molecule has 4 rings (SSSR count). The van der Waals surface area contributed by atoms with Crippen LogP contribution in [-0.2, 0) is 0 Å². The van der Waals surface area contributed by atoms with Gasteiger partial charge in [0.05, 0.1) is 5.52 Å². The van der Waals surface area contributed by atoms with Gasteiger partial charge in [-0.15, -0.1) is 10.2 Å². The van der Waals surface area contributed by atoms with Gasteiger partial charge in [0, 0.05) is 30.1 Å². The summed E-state index contributed by atoms with van der Waals surface area (Å²) in [6.45, 7) is 0. The van der Waals surface area contributed by atoms with Crippen LogP contribution in [0.1, 0.15) is 0 Å². The van der Waals surface area contributed by atoms with E-state index >= 15 is 0 Å². The van der Waals surface area contributed by atoms with Crippen LogP contribution in [0.15, 0.2) is 54.9 Å². The predicted octanol–water partition coefficient (Wildman–Crippen LogP) is 3.74. The van der Waals surface area contributed by atoms with Gasteiger partial charge in [-0.2, -0.15) is 4.98 Å². The molecule has 0 aliphatic heterocycles. The van der Waals surface area contributed by atoms with Crippen molar-refractivity contribution in [3.8, 4) is 0 Å². The van der Waals surface area contributed by atoms with Crippen molar-refractivity contribution in [2.75, 3.05) is 22.9 Å². The molecule has 2 aromatic heterocycles. The zero-order valence-electron chi connectivity index (χ0n) is 13.3. The molecule has 120 valence electrons. The molecular weight excluding hydrogens is 320 g/mol. The van der Waals surface area contributed by atoms with E-state index in [-0.39, 0.29) is 0 Å². The Morgan fingerprint density at radius 2 is 1.96 bits per heavy atom. The fraction of sp³-hybridized carbons (Fsp3) is 0.118. The summed E-state index contributed by atoms with van der Waals surface area (Å²) in [6.07, 6.45) is 3.70. The van der Waals surface area contributed by atoms with Gasteiger partial charge < -0.3 is 9.62 Å². The molecule has 0 aliphatic rings. The number of nitrogens with one attached hydrogen (secondary N) is 1. The Morgan fingerprint density at radius 1 is 1.12 bits per heavy atom. The average Bonchev–Trinajstić information content (AvgIpc) is 3.10. The number of hydrogen-bond donors (Lipinski definition) is 1. The zero-order chi connectivity index (χ0) is 16.5. The van der Waals surface area contributed by atoms with Crippen molar-refractivity contribution >= 4 is 45.8 Å². The number of anilines is 3. The van der Waals surface area contributed by atoms with E-state index in [1.54, 1.807) is 18.3 Å². The molecule has 2 heterocycles. The summed E-state index contributed by atoms with van der Waals surface area (Å²) in [5.74, 6) is 1.44. The largest absolute Gasteiger partial charge is 0.330 e. The van der Waals surface area contributed by atoms with E-state index in [4.69, 9.17) is 4.98 Å². The van der Waals surface area contributed by atoms with Crippen molar-refractivity contribution in [1.29, 1.82) is 0 Å². The Morgan fingerprint density at radius 3 is 2.75 bits per heavy atom. The Balaban J connectivity index is 1.98. The minimum Gasteiger partial charge on any atom is -0.330 e. The summed E-state index contributed by atoms with van der Waals surface area (Å²) in [7, 11) is 2.01. The lowest BCUT2D eigenvalue weighted by atomic mass is 10.2. The van der Waals surface area contributed by atoms with Gasteiger partial charge in [-0.25, -0.2) is 0 Å². The van der Waals surface area contributed by atoms with E-state index in [1.807, 2.05) is 42.0 Å². The lowest BCUT2D eigenvalue weighted by Gasteiger charge is -2.20. The van der Waals surface area contributed by atoms with Crippen molar-refractivity contribution < 1.29 is 0 Å². The predicted molar refractivity (Wildman–Crippen MR) is 99.9 cm³/mol. The quantitative estimate of drug-likeness (QED) is 0.573. The van der Waals surface area contributed by atoms with Crippen molar-refractivity contribution in [2.45, 2.75) is 0 Å². The molecule has 0 atom stereocenters. The maximum absolute atomic E-state index is 4.72. The summed E-state index contributed by atoms with van der Waals surface area (Å²) in [5, 5.41) is 9.15. The number of hydrogen-bond acceptors (Lipinski definition) is 6. The molecule has 0 aliphatic carbocycles. The molecular formula is C17H16N6S. The van der Waals surface area contributed by atoms with Gasteiger partial charge in [0.25, 0.3) is 5.78 Å². The first-order chi connectivity index (χ1) is 11.8. The highest BCUT2D eigenvalue weighted by Gasteiger charge is 2.14. The maximum atomic E-state index is 4.72. The Bertz CT molecular complexity index is 998. The van der Waals surface area contributed by atoms with Crippen LogP contribution in [0.3, 0.4) is 0 Å². The van der Waals surface area contributed by atoms with Crippen LogP contribution in [0.4, 0.5) is 17.2 Å². The number of para-hydroxylation sites is 1. The van der Waals surface area contributed by atoms with Crippen LogP contribution in [0, 0.1) is 0 Å². The first-order valence-electron chi connectivity index (χ1n) is 7.49. The Hall–Kier alpha value is -2.80. The van der Waals surface area contributed by atoms with Crippen LogP contribution in [0.5, 0.6) is 0 Å². The SMILES string of the molecule is CSNc1ccc2c(c1)c(N(C)c1ccccc1)nc1nncn12. The second kappa shape index (κ2) is 6.01. The molecule has 0 bridgehead atoms. The van der Waals surface area contributed by atoms with Gasteiger partial charge in [0.1, 0.15) is 12.1 Å². The van der Waals surface area contributed by atoms with Gasteiger partial charge in [0.2, 0.25) is 0 Å². The summed E-state index contributed by atoms with van der Waals surface area (Å²) in [6, 6.07) is 16.4. The molecule has 7 heteroatoms. The van der Waals surface area contributed by atoms with Gasteiger partial charge in [0.15, 0.2) is 0 Å². The van der Waals surface area contributed by atoms with Crippen LogP contribution in [0.25, 0.3) is 16.7 Å². The third kappa shape index (κ3) is 2.43. The average molecular weight is 336 g/mol. The van der Waals surface area contributed by atoms with Crippen molar-refractivity contribution in [3.63, 3.8) is 0 Å². The lowest BCUT2D eigenvalue weighted by Crippen LogP contribution is -2.13. The minimum absolute atomic E-state index is 0.589. The van der Waals surface area contributed by atoms with E-state index in [2.05, 4.69) is 44.1 Å². The molecule has 2 aromatic carbocycles. The monoisotopic (exact) mass is 336 g/mol. The van der Waals surface area contributed by atoms with Crippen molar-refractivity contribution in [2.24, 2.45) is 0 Å². The molecule has 6 nitrogen and oxygen atoms in total. The van der Waals surface area contributed by atoms with Gasteiger partial charge in [-0.05, 0) is 30.3 Å². The second-order valence-corrected chi connectivity index (χ2v) is 5.98. The first-order valence-corrected chi connectivity index (χ1v) is 8.71. The molecule has 0 unspecified atom stereocenters. The van der Waals surface area contributed by atoms with E-state index in [0.717, 1.165) is 28.1 Å². The zero-order valence-corrected chi connectivity index (χ0v) is 14.2. The molecule has 24 heavy (non-hydrogen) atoms. The standard InChI is InChI=1S/C17H16N6S/c1-22(13-6-4-3-5-7-13)16-14-10-12(21-24-2)8-9-15(14)23-11-18-20-17(23)19-16/h3-11,21H,1-2H3. The van der Waals surface area contributed by atoms with Gasteiger partial charge >= 0.3 is 0 Å². The molecule has 0 spiro atoms. The Labute approximate surface area is 143 Å². The highest BCUT2D eigenvalue weighted by molar-refractivity contribution is 7.99. The summed E-state index contributed by atoms with van der Waals surface area (Å²) in [4.78, 5) is 6.79. The van der Waals surface area contributed by atoms with Crippen molar-refractivity contribution in [3.05, 3.63) is 54.9 Å². The van der Waals surface area contributed by atoms with Crippen LogP contribution in [0.2, 0.25) is 0 Å². The fourth-order valence-corrected chi connectivity index (χ4v) is 3.13. The summed E-state index contributed by atoms with van der Waals surface area (Å²) >= 11 is 1.56. The third-order valence-corrected chi connectivity index (χ3v) is 4.35. The van der Waals surface area contributed by atoms with E-state index in [1.165, 1.54) is 0 Å². The molecule has 1 N–H and O–H groups in total. The highest BCUT2D eigenvalue weighted by atomic mass is 32.2. The number of rotatable bonds is 4. The summed E-state index contributed by atoms with van der Waals surface area (Å²) in [5.41, 5.74) is 3.12. The number of benzene rings is 2. The van der Waals surface area contributed by atoms with E-state index < -0.39 is 0 Å². The number of nitrogens with zero attached hydrogens (tertiary/aromatic N) is 5. The van der Waals surface area contributed by atoms with Gasteiger partial charge in [-0.1, -0.05) is 30.1 Å². The number of aromatic nitrogens is 4. The third-order valence-electron chi connectivity index (χ3n) is 3.91. The van der Waals surface area contributed by atoms with Crippen LogP contribution in [-0.4, -0.2) is 32.9 Å². The van der Waals surface area contributed by atoms with Crippen LogP contribution < -0.4 is 9.62 Å². The second-order valence-electron chi connectivity index (χ2n) is 5.37. The minimum atomic E-state index is 0.589. The lowest BCUT2D eigenvalue weighted by molar-refractivity contribution is 1.08. The van der Waals surface area contributed by atoms with Crippen molar-refractivity contribution in [1.82, 2.24) is 19.6 Å². The molecule has 0 saturated carbocycles. The van der Waals surface area contributed by atoms with E-state index in [0.29, 0.717) is 5.78 Å². The molecule has 4 aromatic rings. The topological polar surface area (TPSA) is 58.3 Å². The molecule has 0 fully saturated rings. The molecule has 0 radical (unpaired) electrons. The summed E-state index contributed by atoms with van der Waals surface area (Å²) < 4.78 is 5.18. The smallest absolute Gasteiger partial charge is 0.257 e. The first kappa shape index (κ1) is 14.8. The fourth-order valence-electron chi connectivity index (χ4n) is 2.77.